The molecule has 0 bridgehead atoms. The molecule has 2 heterocycles. The first-order valence-corrected chi connectivity index (χ1v) is 13.7. The van der Waals surface area contributed by atoms with Gasteiger partial charge in [-0.15, -0.1) is 0 Å². The van der Waals surface area contributed by atoms with E-state index in [1.165, 1.54) is 4.31 Å². The third kappa shape index (κ3) is 5.49. The predicted octanol–water partition coefficient (Wildman–Crippen LogP) is 3.40. The molecule has 10 heteroatoms. The highest BCUT2D eigenvalue weighted by molar-refractivity contribution is 7.89. The normalized spacial score (nSPS) is 24.9. The zero-order valence-corrected chi connectivity index (χ0v) is 21.1. The smallest absolute Gasteiger partial charge is 0.221 e. The second-order valence-electron chi connectivity index (χ2n) is 9.59. The Bertz CT molecular complexity index is 1140. The molecule has 0 aromatic heterocycles. The molecule has 2 saturated heterocycles. The van der Waals surface area contributed by atoms with Crippen LogP contribution in [0.2, 0.25) is 0 Å². The van der Waals surface area contributed by atoms with E-state index in [4.69, 9.17) is 14.6 Å². The van der Waals surface area contributed by atoms with E-state index in [2.05, 4.69) is 0 Å². The number of hydrogen-bond acceptors (Lipinski definition) is 6. The van der Waals surface area contributed by atoms with Crippen LogP contribution in [0, 0.1) is 11.6 Å². The minimum Gasteiger partial charge on any atom is -0.394 e. The summed E-state index contributed by atoms with van der Waals surface area (Å²) in [6.45, 7) is 1.26. The van der Waals surface area contributed by atoms with Gasteiger partial charge in [0.2, 0.25) is 10.0 Å². The summed E-state index contributed by atoms with van der Waals surface area (Å²) in [5.41, 5.74) is -0.604. The van der Waals surface area contributed by atoms with Gasteiger partial charge in [0.05, 0.1) is 13.2 Å². The van der Waals surface area contributed by atoms with Gasteiger partial charge in [-0.05, 0) is 37.5 Å². The highest BCUT2D eigenvalue weighted by atomic mass is 32.2. The highest BCUT2D eigenvalue weighted by Gasteiger charge is 2.42. The van der Waals surface area contributed by atoms with Crippen molar-refractivity contribution in [1.82, 2.24) is 4.31 Å². The van der Waals surface area contributed by atoms with E-state index in [1.807, 2.05) is 6.07 Å². The molecule has 7 nitrogen and oxygen atoms in total. The van der Waals surface area contributed by atoms with E-state index < -0.39 is 45.2 Å². The Morgan fingerprint density at radius 3 is 2.50 bits per heavy atom. The van der Waals surface area contributed by atoms with Crippen molar-refractivity contribution in [3.63, 3.8) is 0 Å². The van der Waals surface area contributed by atoms with Gasteiger partial charge in [-0.3, -0.25) is 0 Å². The number of aliphatic hydroxyl groups is 2. The lowest BCUT2D eigenvalue weighted by molar-refractivity contribution is -0.141. The molecule has 3 atom stereocenters. The van der Waals surface area contributed by atoms with Crippen LogP contribution in [0.5, 0.6) is 0 Å². The molecule has 4 rings (SSSR count). The van der Waals surface area contributed by atoms with E-state index in [1.54, 1.807) is 31.2 Å². The average Bonchev–Trinajstić information content (AvgIpc) is 2.87. The van der Waals surface area contributed by atoms with Gasteiger partial charge < -0.3 is 19.7 Å². The van der Waals surface area contributed by atoms with Crippen LogP contribution in [-0.4, -0.2) is 61.5 Å². The third-order valence-electron chi connectivity index (χ3n) is 7.21. The minimum absolute atomic E-state index is 0.00565. The first-order chi connectivity index (χ1) is 17.2. The molecule has 0 aliphatic carbocycles. The van der Waals surface area contributed by atoms with Gasteiger partial charge in [0.15, 0.2) is 0 Å². The zero-order valence-electron chi connectivity index (χ0n) is 20.3. The molecule has 0 saturated carbocycles. The van der Waals surface area contributed by atoms with E-state index in [-0.39, 0.29) is 56.4 Å². The van der Waals surface area contributed by atoms with Crippen LogP contribution in [0.15, 0.2) is 42.5 Å². The summed E-state index contributed by atoms with van der Waals surface area (Å²) in [5, 5.41) is 18.1. The summed E-state index contributed by atoms with van der Waals surface area (Å²) in [5.74, 6) is -1.44. The van der Waals surface area contributed by atoms with Crippen molar-refractivity contribution < 1.29 is 36.9 Å². The molecular weight excluding hydrogens is 492 g/mol. The molecule has 0 spiro atoms. The number of sulfonamides is 1. The number of ether oxygens (including phenoxy) is 2. The number of nitrogens with zero attached hydrogens (tertiary/aromatic N) is 1. The molecule has 2 aromatic rings. The van der Waals surface area contributed by atoms with Crippen LogP contribution in [0.3, 0.4) is 0 Å². The van der Waals surface area contributed by atoms with E-state index in [9.17, 15) is 13.5 Å². The number of rotatable bonds is 8. The van der Waals surface area contributed by atoms with Crippen LogP contribution in [0.1, 0.15) is 54.5 Å². The highest BCUT2D eigenvalue weighted by Crippen LogP contribution is 2.41. The number of hydrogen-bond donors (Lipinski definition) is 2. The Balaban J connectivity index is 1.63. The van der Waals surface area contributed by atoms with Crippen molar-refractivity contribution in [3.8, 4) is 0 Å². The molecule has 2 fully saturated rings. The Morgan fingerprint density at radius 1 is 1.14 bits per heavy atom. The molecule has 0 unspecified atom stereocenters. The molecule has 2 aliphatic heterocycles. The van der Waals surface area contributed by atoms with Crippen molar-refractivity contribution in [2.75, 3.05) is 26.4 Å². The first kappa shape index (κ1) is 27.1. The Kier molecular flexibility index (Phi) is 8.43. The first-order valence-electron chi connectivity index (χ1n) is 12.2. The van der Waals surface area contributed by atoms with Gasteiger partial charge in [-0.1, -0.05) is 30.3 Å². The quantitative estimate of drug-likeness (QED) is 0.549. The van der Waals surface area contributed by atoms with Gasteiger partial charge in [-0.25, -0.2) is 17.2 Å². The summed E-state index contributed by atoms with van der Waals surface area (Å²) < 4.78 is 70.4. The maximum Gasteiger partial charge on any atom is 0.221 e. The number of benzene rings is 2. The summed E-state index contributed by atoms with van der Waals surface area (Å²) in [6.07, 6.45) is 0.404. The van der Waals surface area contributed by atoms with Crippen LogP contribution in [0.4, 0.5) is 8.78 Å². The topological polar surface area (TPSA) is 96.3 Å². The van der Waals surface area contributed by atoms with Gasteiger partial charge >= 0.3 is 0 Å². The molecule has 36 heavy (non-hydrogen) atoms. The zero-order chi connectivity index (χ0) is 25.9. The van der Waals surface area contributed by atoms with Crippen LogP contribution in [-0.2, 0) is 31.6 Å². The van der Waals surface area contributed by atoms with Crippen molar-refractivity contribution in [2.45, 2.75) is 62.1 Å². The second-order valence-corrected chi connectivity index (χ2v) is 11.7. The molecule has 0 amide bonds. The second kappa shape index (κ2) is 11.2. The number of halogens is 2. The van der Waals surface area contributed by atoms with Crippen molar-refractivity contribution in [3.05, 3.63) is 70.8 Å². The Hall–Kier alpha value is -1.95. The molecular formula is C26H33F2NO6S. The summed E-state index contributed by atoms with van der Waals surface area (Å²) in [6, 6.07) is 10.7. The number of aliphatic hydroxyl groups excluding tert-OH is 2. The summed E-state index contributed by atoms with van der Waals surface area (Å²) in [4.78, 5) is 0. The van der Waals surface area contributed by atoms with Crippen molar-refractivity contribution in [1.29, 1.82) is 0 Å². The average molecular weight is 526 g/mol. The van der Waals surface area contributed by atoms with Crippen LogP contribution >= 0.6 is 0 Å². The van der Waals surface area contributed by atoms with Gasteiger partial charge in [0, 0.05) is 49.8 Å². The van der Waals surface area contributed by atoms with Crippen molar-refractivity contribution in [2.24, 2.45) is 0 Å². The molecule has 2 aromatic carbocycles. The van der Waals surface area contributed by atoms with Gasteiger partial charge in [0.1, 0.15) is 28.6 Å². The fourth-order valence-electron chi connectivity index (χ4n) is 5.08. The fourth-order valence-corrected chi connectivity index (χ4v) is 7.27. The monoisotopic (exact) mass is 525 g/mol. The summed E-state index contributed by atoms with van der Waals surface area (Å²) in [7, 11) is -3.81. The van der Waals surface area contributed by atoms with Crippen LogP contribution < -0.4 is 0 Å². The fraction of sp³-hybridized carbons (Fsp3) is 0.538. The lowest BCUT2D eigenvalue weighted by Gasteiger charge is -2.39. The lowest BCUT2D eigenvalue weighted by Crippen LogP contribution is -2.45. The standard InChI is InChI=1S/C26H33F2NO6S/c1-18-7-8-25(19-5-3-2-4-6-19)36(32,33)29(18)15-20-13-24(28)22(14-23(20)27)26(9-11-34-12-10-26)35-17-21(31)16-30/h2-6,13-14,18,21,25,30-31H,7-12,15-17H2,1H3/t18-,21-,25+/m0/s1. The molecule has 2 N–H and O–H groups in total. The third-order valence-corrected chi connectivity index (χ3v) is 9.58. The van der Waals surface area contributed by atoms with Crippen molar-refractivity contribution >= 4 is 10.0 Å². The lowest BCUT2D eigenvalue weighted by atomic mass is 9.85. The Morgan fingerprint density at radius 2 is 1.83 bits per heavy atom. The molecule has 2 aliphatic rings. The van der Waals surface area contributed by atoms with E-state index >= 15 is 8.78 Å². The van der Waals surface area contributed by atoms with Crippen LogP contribution in [0.25, 0.3) is 0 Å². The summed E-state index contributed by atoms with van der Waals surface area (Å²) >= 11 is 0. The van der Waals surface area contributed by atoms with Gasteiger partial charge in [-0.2, -0.15) is 4.31 Å². The van der Waals surface area contributed by atoms with E-state index in [0.29, 0.717) is 18.4 Å². The van der Waals surface area contributed by atoms with E-state index in [0.717, 1.165) is 12.1 Å². The maximum absolute atomic E-state index is 15.5. The molecule has 0 radical (unpaired) electrons. The molecule has 198 valence electrons. The predicted molar refractivity (Wildman–Crippen MR) is 129 cm³/mol. The maximum atomic E-state index is 15.5. The Labute approximate surface area is 210 Å². The largest absolute Gasteiger partial charge is 0.394 e. The minimum atomic E-state index is -3.81. The van der Waals surface area contributed by atoms with Gasteiger partial charge in [0.25, 0.3) is 0 Å². The SMILES string of the molecule is C[C@H]1CC[C@H](c2ccccc2)S(=O)(=O)N1Cc1cc(F)c(C2(OC[C@@H](O)CO)CCOCC2)cc1F.